The number of benzene rings is 1. The molecule has 19 heavy (non-hydrogen) atoms. The second kappa shape index (κ2) is 5.75. The van der Waals surface area contributed by atoms with Gasteiger partial charge in [0, 0.05) is 17.6 Å². The van der Waals surface area contributed by atoms with Crippen molar-refractivity contribution >= 4 is 37.1 Å². The Labute approximate surface area is 125 Å². The summed E-state index contributed by atoms with van der Waals surface area (Å²) < 4.78 is 23.7. The number of sulfone groups is 1. The zero-order chi connectivity index (χ0) is 14.0. The van der Waals surface area contributed by atoms with E-state index in [9.17, 15) is 13.5 Å². The molecule has 0 amide bonds. The molecule has 0 saturated heterocycles. The van der Waals surface area contributed by atoms with Gasteiger partial charge in [-0.15, -0.1) is 11.3 Å². The summed E-state index contributed by atoms with van der Waals surface area (Å²) in [7, 11) is -3.19. The molecule has 0 aliphatic rings. The summed E-state index contributed by atoms with van der Waals surface area (Å²) in [6.07, 6.45) is 1.06. The highest BCUT2D eigenvalue weighted by Crippen LogP contribution is 2.27. The van der Waals surface area contributed by atoms with E-state index in [4.69, 9.17) is 0 Å². The van der Waals surface area contributed by atoms with Crippen LogP contribution in [0.15, 0.2) is 45.1 Å². The van der Waals surface area contributed by atoms with Crippen LogP contribution in [0.2, 0.25) is 0 Å². The third-order valence-electron chi connectivity index (χ3n) is 2.72. The fraction of sp³-hybridized carbons (Fsp3) is 0.231. The average molecular weight is 361 g/mol. The Balaban J connectivity index is 2.14. The quantitative estimate of drug-likeness (QED) is 0.910. The maximum atomic E-state index is 11.3. The number of aliphatic hydroxyl groups is 1. The van der Waals surface area contributed by atoms with Gasteiger partial charge < -0.3 is 5.11 Å². The third-order valence-corrected chi connectivity index (χ3v) is 5.49. The first-order valence-electron chi connectivity index (χ1n) is 5.58. The molecule has 2 rings (SSSR count). The molecule has 1 aromatic carbocycles. The molecule has 0 fully saturated rings. The van der Waals surface area contributed by atoms with Crippen molar-refractivity contribution in [3.8, 4) is 0 Å². The van der Waals surface area contributed by atoms with Gasteiger partial charge in [0.05, 0.1) is 14.8 Å². The maximum absolute atomic E-state index is 11.3. The predicted octanol–water partition coefficient (Wildman–Crippen LogP) is 3.19. The smallest absolute Gasteiger partial charge is 0.175 e. The molecular formula is C13H13BrO3S2. The van der Waals surface area contributed by atoms with Gasteiger partial charge in [0.15, 0.2) is 9.84 Å². The molecule has 0 radical (unpaired) electrons. The maximum Gasteiger partial charge on any atom is 0.175 e. The van der Waals surface area contributed by atoms with Gasteiger partial charge in [-0.3, -0.25) is 0 Å². The minimum absolute atomic E-state index is 0.266. The molecule has 0 bridgehead atoms. The van der Waals surface area contributed by atoms with Gasteiger partial charge in [0.2, 0.25) is 0 Å². The van der Waals surface area contributed by atoms with Crippen LogP contribution in [0.4, 0.5) is 0 Å². The second-order valence-corrected chi connectivity index (χ2v) is 8.83. The van der Waals surface area contributed by atoms with E-state index in [1.807, 2.05) is 12.1 Å². The van der Waals surface area contributed by atoms with E-state index < -0.39 is 15.9 Å². The lowest BCUT2D eigenvalue weighted by Crippen LogP contribution is -2.02. The van der Waals surface area contributed by atoms with E-state index in [0.717, 1.165) is 14.2 Å². The Bertz CT molecular complexity index is 659. The largest absolute Gasteiger partial charge is 0.388 e. The number of aliphatic hydroxyl groups excluding tert-OH is 1. The van der Waals surface area contributed by atoms with E-state index in [0.29, 0.717) is 6.42 Å². The zero-order valence-corrected chi connectivity index (χ0v) is 13.4. The number of rotatable bonds is 4. The minimum atomic E-state index is -3.19. The molecule has 3 nitrogen and oxygen atoms in total. The van der Waals surface area contributed by atoms with E-state index >= 15 is 0 Å². The summed E-state index contributed by atoms with van der Waals surface area (Å²) in [6.45, 7) is 0. The highest BCUT2D eigenvalue weighted by atomic mass is 79.9. The Morgan fingerprint density at radius 1 is 1.21 bits per heavy atom. The monoisotopic (exact) mass is 360 g/mol. The summed E-state index contributed by atoms with van der Waals surface area (Å²) in [5.74, 6) is 0. The van der Waals surface area contributed by atoms with Crippen molar-refractivity contribution in [1.29, 1.82) is 0 Å². The molecule has 0 aliphatic carbocycles. The van der Waals surface area contributed by atoms with Crippen LogP contribution < -0.4 is 0 Å². The Hall–Kier alpha value is -0.690. The molecule has 1 unspecified atom stereocenters. The van der Waals surface area contributed by atoms with Crippen molar-refractivity contribution in [2.24, 2.45) is 0 Å². The second-order valence-electron chi connectivity index (χ2n) is 4.27. The summed E-state index contributed by atoms with van der Waals surface area (Å²) in [5.41, 5.74) is 0.719. The highest BCUT2D eigenvalue weighted by Gasteiger charge is 2.12. The summed E-state index contributed by atoms with van der Waals surface area (Å²) >= 11 is 4.96. The van der Waals surface area contributed by atoms with Crippen molar-refractivity contribution in [2.75, 3.05) is 6.26 Å². The average Bonchev–Trinajstić information content (AvgIpc) is 2.74. The fourth-order valence-corrected chi connectivity index (χ4v) is 3.86. The third kappa shape index (κ3) is 3.89. The summed E-state index contributed by atoms with van der Waals surface area (Å²) in [5, 5.41) is 10.1. The van der Waals surface area contributed by atoms with Crippen LogP contribution in [-0.2, 0) is 16.3 Å². The number of thiophene rings is 1. The SMILES string of the molecule is CS(=O)(=O)c1ccc(C(O)Cc2ccc(Br)s2)cc1. The highest BCUT2D eigenvalue weighted by molar-refractivity contribution is 9.11. The van der Waals surface area contributed by atoms with Gasteiger partial charge in [-0.1, -0.05) is 12.1 Å². The van der Waals surface area contributed by atoms with E-state index in [1.54, 1.807) is 23.5 Å². The normalized spacial score (nSPS) is 13.4. The molecule has 1 aromatic heterocycles. The summed E-state index contributed by atoms with van der Waals surface area (Å²) in [4.78, 5) is 1.34. The predicted molar refractivity (Wildman–Crippen MR) is 80.2 cm³/mol. The van der Waals surface area contributed by atoms with Gasteiger partial charge in [-0.2, -0.15) is 0 Å². The van der Waals surface area contributed by atoms with Crippen molar-refractivity contribution in [1.82, 2.24) is 0 Å². The Kier molecular flexibility index (Phi) is 4.45. The molecule has 1 heterocycles. The molecule has 0 saturated carbocycles. The lowest BCUT2D eigenvalue weighted by Gasteiger charge is -2.10. The number of hydrogen-bond acceptors (Lipinski definition) is 4. The van der Waals surface area contributed by atoms with Crippen molar-refractivity contribution < 1.29 is 13.5 Å². The lowest BCUT2D eigenvalue weighted by atomic mass is 10.1. The minimum Gasteiger partial charge on any atom is -0.388 e. The first-order valence-corrected chi connectivity index (χ1v) is 9.08. The number of halogens is 1. The van der Waals surface area contributed by atoms with E-state index in [2.05, 4.69) is 15.9 Å². The van der Waals surface area contributed by atoms with E-state index in [-0.39, 0.29) is 4.90 Å². The van der Waals surface area contributed by atoms with Crippen LogP contribution in [0.5, 0.6) is 0 Å². The molecule has 6 heteroatoms. The number of hydrogen-bond donors (Lipinski definition) is 1. The van der Waals surface area contributed by atoms with Gasteiger partial charge in [-0.05, 0) is 45.8 Å². The van der Waals surface area contributed by atoms with Gasteiger partial charge in [0.1, 0.15) is 0 Å². The van der Waals surface area contributed by atoms with Crippen LogP contribution >= 0.6 is 27.3 Å². The lowest BCUT2D eigenvalue weighted by molar-refractivity contribution is 0.179. The fourth-order valence-electron chi connectivity index (χ4n) is 1.71. The van der Waals surface area contributed by atoms with Crippen molar-refractivity contribution in [3.05, 3.63) is 50.6 Å². The van der Waals surface area contributed by atoms with Crippen LogP contribution in [0, 0.1) is 0 Å². The van der Waals surface area contributed by atoms with Gasteiger partial charge in [-0.25, -0.2) is 8.42 Å². The first kappa shape index (κ1) is 14.7. The van der Waals surface area contributed by atoms with Crippen LogP contribution in [0.3, 0.4) is 0 Å². The molecule has 0 aliphatic heterocycles. The van der Waals surface area contributed by atoms with Crippen LogP contribution in [0.25, 0.3) is 0 Å². The topological polar surface area (TPSA) is 54.4 Å². The molecule has 1 atom stereocenters. The molecule has 0 spiro atoms. The molecule has 2 aromatic rings. The molecule has 1 N–H and O–H groups in total. The van der Waals surface area contributed by atoms with Gasteiger partial charge in [0.25, 0.3) is 0 Å². The standard InChI is InChI=1S/C13H13BrO3S2/c1-19(16,17)11-5-2-9(3-6-11)12(15)8-10-4-7-13(14)18-10/h2-7,12,15H,8H2,1H3. The van der Waals surface area contributed by atoms with Gasteiger partial charge >= 0.3 is 0 Å². The Morgan fingerprint density at radius 2 is 1.84 bits per heavy atom. The van der Waals surface area contributed by atoms with Crippen molar-refractivity contribution in [3.63, 3.8) is 0 Å². The first-order chi connectivity index (χ1) is 8.86. The molecule has 102 valence electrons. The summed E-state index contributed by atoms with van der Waals surface area (Å²) in [6, 6.07) is 10.3. The van der Waals surface area contributed by atoms with E-state index in [1.165, 1.54) is 18.4 Å². The Morgan fingerprint density at radius 3 is 2.32 bits per heavy atom. The molecular weight excluding hydrogens is 348 g/mol. The zero-order valence-electron chi connectivity index (χ0n) is 10.2. The van der Waals surface area contributed by atoms with Crippen LogP contribution in [0.1, 0.15) is 16.5 Å². The van der Waals surface area contributed by atoms with Crippen LogP contribution in [-0.4, -0.2) is 19.8 Å². The van der Waals surface area contributed by atoms with Crippen molar-refractivity contribution in [2.45, 2.75) is 17.4 Å².